The molecule has 0 radical (unpaired) electrons. The zero-order valence-electron chi connectivity index (χ0n) is 15.7. The van der Waals surface area contributed by atoms with Crippen LogP contribution in [0.25, 0.3) is 11.4 Å². The quantitative estimate of drug-likeness (QED) is 0.643. The fourth-order valence-electron chi connectivity index (χ4n) is 3.13. The lowest BCUT2D eigenvalue weighted by atomic mass is 10.2. The molecule has 1 aliphatic heterocycles. The molecule has 3 aromatic rings. The summed E-state index contributed by atoms with van der Waals surface area (Å²) in [6.07, 6.45) is 4.49. The Morgan fingerprint density at radius 1 is 1.24 bits per heavy atom. The van der Waals surface area contributed by atoms with E-state index in [0.29, 0.717) is 42.6 Å². The number of ether oxygens (including phenoxy) is 1. The van der Waals surface area contributed by atoms with Gasteiger partial charge in [-0.2, -0.15) is 0 Å². The summed E-state index contributed by atoms with van der Waals surface area (Å²) in [5.74, 6) is 0.614. The van der Waals surface area contributed by atoms with Crippen LogP contribution in [0.5, 0.6) is 5.75 Å². The maximum Gasteiger partial charge on any atom is 0.270 e. The Labute approximate surface area is 166 Å². The largest absolute Gasteiger partial charge is 0.497 e. The molecule has 10 heteroatoms. The number of methoxy groups -OCH3 is 1. The van der Waals surface area contributed by atoms with Crippen molar-refractivity contribution in [1.29, 1.82) is 0 Å². The highest BCUT2D eigenvalue weighted by Crippen LogP contribution is 2.18. The summed E-state index contributed by atoms with van der Waals surface area (Å²) >= 11 is 0. The lowest BCUT2D eigenvalue weighted by Crippen LogP contribution is -2.37. The SMILES string of the molecule is COc1ccnc(C(=O)NC2CNCCn3c2nc(-c2ccncn2)cc3=O)c1. The molecule has 0 aliphatic carbocycles. The van der Waals surface area contributed by atoms with E-state index in [9.17, 15) is 9.59 Å². The van der Waals surface area contributed by atoms with Crippen molar-refractivity contribution in [2.45, 2.75) is 12.6 Å². The number of nitrogens with one attached hydrogen (secondary N) is 2. The standard InChI is InChI=1S/C19H19N7O3/c1-29-12-2-5-22-15(8-12)19(28)25-16-10-20-6-7-26-17(27)9-14(24-18(16)26)13-3-4-21-11-23-13/h2-5,8-9,11,16,20H,6-7,10H2,1H3,(H,25,28). The summed E-state index contributed by atoms with van der Waals surface area (Å²) < 4.78 is 6.71. The number of aromatic nitrogens is 5. The minimum absolute atomic E-state index is 0.203. The number of hydrogen-bond donors (Lipinski definition) is 2. The average Bonchev–Trinajstić information content (AvgIpc) is 2.97. The Hall–Kier alpha value is -3.66. The van der Waals surface area contributed by atoms with Crippen LogP contribution in [0.1, 0.15) is 22.4 Å². The first-order chi connectivity index (χ1) is 14.2. The highest BCUT2D eigenvalue weighted by molar-refractivity contribution is 5.92. The van der Waals surface area contributed by atoms with Crippen molar-refractivity contribution in [1.82, 2.24) is 35.1 Å². The van der Waals surface area contributed by atoms with Gasteiger partial charge in [0, 0.05) is 44.2 Å². The van der Waals surface area contributed by atoms with Crippen molar-refractivity contribution < 1.29 is 9.53 Å². The third-order valence-electron chi connectivity index (χ3n) is 4.56. The number of fused-ring (bicyclic) bond motifs is 1. The zero-order chi connectivity index (χ0) is 20.2. The van der Waals surface area contributed by atoms with Crippen LogP contribution >= 0.6 is 0 Å². The van der Waals surface area contributed by atoms with Crippen LogP contribution in [0.15, 0.2) is 47.8 Å². The first-order valence-corrected chi connectivity index (χ1v) is 9.05. The van der Waals surface area contributed by atoms with Crippen LogP contribution in [0, 0.1) is 0 Å². The highest BCUT2D eigenvalue weighted by Gasteiger charge is 2.25. The number of amides is 1. The summed E-state index contributed by atoms with van der Waals surface area (Å²) in [6, 6.07) is 5.82. The first-order valence-electron chi connectivity index (χ1n) is 9.05. The van der Waals surface area contributed by atoms with Gasteiger partial charge in [-0.25, -0.2) is 15.0 Å². The predicted molar refractivity (Wildman–Crippen MR) is 103 cm³/mol. The summed E-state index contributed by atoms with van der Waals surface area (Å²) in [5, 5.41) is 6.14. The Morgan fingerprint density at radius 2 is 2.14 bits per heavy atom. The van der Waals surface area contributed by atoms with Crippen molar-refractivity contribution >= 4 is 5.91 Å². The minimum atomic E-state index is -0.521. The molecule has 0 fully saturated rings. The molecule has 2 N–H and O–H groups in total. The molecule has 0 saturated heterocycles. The molecule has 10 nitrogen and oxygen atoms in total. The molecule has 148 valence electrons. The van der Waals surface area contributed by atoms with Gasteiger partial charge < -0.3 is 15.4 Å². The number of carbonyl (C=O) groups is 1. The van der Waals surface area contributed by atoms with Crippen molar-refractivity contribution in [3.63, 3.8) is 0 Å². The van der Waals surface area contributed by atoms with Crippen LogP contribution < -0.4 is 20.9 Å². The number of nitrogens with zero attached hydrogens (tertiary/aromatic N) is 5. The minimum Gasteiger partial charge on any atom is -0.497 e. The Bertz CT molecular complexity index is 1080. The number of hydrogen-bond acceptors (Lipinski definition) is 8. The van der Waals surface area contributed by atoms with Gasteiger partial charge in [0.1, 0.15) is 23.6 Å². The van der Waals surface area contributed by atoms with Gasteiger partial charge in [0.25, 0.3) is 11.5 Å². The first kappa shape index (κ1) is 18.7. The van der Waals surface area contributed by atoms with E-state index in [2.05, 4.69) is 30.6 Å². The van der Waals surface area contributed by atoms with Crippen LogP contribution in [0.3, 0.4) is 0 Å². The molecule has 1 unspecified atom stereocenters. The molecule has 1 amide bonds. The van der Waals surface area contributed by atoms with Crippen molar-refractivity contribution in [2.75, 3.05) is 20.2 Å². The molecule has 4 heterocycles. The fourth-order valence-corrected chi connectivity index (χ4v) is 3.13. The summed E-state index contributed by atoms with van der Waals surface area (Å²) in [4.78, 5) is 42.2. The predicted octanol–water partition coefficient (Wildman–Crippen LogP) is 0.178. The second kappa shape index (κ2) is 8.15. The van der Waals surface area contributed by atoms with Gasteiger partial charge in [0.2, 0.25) is 0 Å². The van der Waals surface area contributed by atoms with Gasteiger partial charge in [-0.1, -0.05) is 0 Å². The molecule has 3 aromatic heterocycles. The fraction of sp³-hybridized carbons (Fsp3) is 0.263. The average molecular weight is 393 g/mol. The molecule has 0 spiro atoms. The van der Waals surface area contributed by atoms with E-state index < -0.39 is 6.04 Å². The second-order valence-electron chi connectivity index (χ2n) is 6.40. The van der Waals surface area contributed by atoms with Gasteiger partial charge in [0.05, 0.1) is 24.5 Å². The lowest BCUT2D eigenvalue weighted by Gasteiger charge is -2.19. The topological polar surface area (TPSA) is 124 Å². The third-order valence-corrected chi connectivity index (χ3v) is 4.56. The smallest absolute Gasteiger partial charge is 0.270 e. The van der Waals surface area contributed by atoms with Crippen LogP contribution in [-0.2, 0) is 6.54 Å². The maximum absolute atomic E-state index is 12.8. The van der Waals surface area contributed by atoms with Gasteiger partial charge in [-0.15, -0.1) is 0 Å². The molecule has 0 bridgehead atoms. The van der Waals surface area contributed by atoms with E-state index in [0.717, 1.165) is 0 Å². The molecule has 4 rings (SSSR count). The maximum atomic E-state index is 12.8. The third kappa shape index (κ3) is 3.97. The Morgan fingerprint density at radius 3 is 2.93 bits per heavy atom. The van der Waals surface area contributed by atoms with Crippen molar-refractivity contribution in [2.24, 2.45) is 0 Å². The van der Waals surface area contributed by atoms with Crippen molar-refractivity contribution in [3.8, 4) is 17.1 Å². The van der Waals surface area contributed by atoms with E-state index in [-0.39, 0.29) is 17.2 Å². The highest BCUT2D eigenvalue weighted by atomic mass is 16.5. The normalized spacial score (nSPS) is 15.8. The second-order valence-corrected chi connectivity index (χ2v) is 6.40. The van der Waals surface area contributed by atoms with E-state index in [4.69, 9.17) is 4.74 Å². The molecule has 1 aliphatic rings. The lowest BCUT2D eigenvalue weighted by molar-refractivity contribution is 0.0929. The molecular weight excluding hydrogens is 374 g/mol. The van der Waals surface area contributed by atoms with E-state index in [1.807, 2.05) is 0 Å². The number of carbonyl (C=O) groups excluding carboxylic acids is 1. The summed E-state index contributed by atoms with van der Waals surface area (Å²) in [5.41, 5.74) is 0.988. The van der Waals surface area contributed by atoms with E-state index in [1.165, 1.54) is 25.7 Å². The molecule has 1 atom stereocenters. The van der Waals surface area contributed by atoms with Crippen LogP contribution in [-0.4, -0.2) is 50.6 Å². The van der Waals surface area contributed by atoms with Gasteiger partial charge >= 0.3 is 0 Å². The van der Waals surface area contributed by atoms with E-state index in [1.54, 1.807) is 29.0 Å². The van der Waals surface area contributed by atoms with Gasteiger partial charge in [-0.3, -0.25) is 19.1 Å². The molecule has 0 saturated carbocycles. The van der Waals surface area contributed by atoms with Crippen LogP contribution in [0.4, 0.5) is 0 Å². The summed E-state index contributed by atoms with van der Waals surface area (Å²) in [7, 11) is 1.52. The monoisotopic (exact) mass is 393 g/mol. The molecular formula is C19H19N7O3. The molecule has 29 heavy (non-hydrogen) atoms. The van der Waals surface area contributed by atoms with Gasteiger partial charge in [-0.05, 0) is 12.1 Å². The summed E-state index contributed by atoms with van der Waals surface area (Å²) in [6.45, 7) is 1.47. The van der Waals surface area contributed by atoms with Crippen molar-refractivity contribution in [3.05, 3.63) is 64.9 Å². The zero-order valence-corrected chi connectivity index (χ0v) is 15.7. The van der Waals surface area contributed by atoms with E-state index >= 15 is 0 Å². The molecule has 0 aromatic carbocycles. The van der Waals surface area contributed by atoms with Gasteiger partial charge in [0.15, 0.2) is 0 Å². The van der Waals surface area contributed by atoms with Crippen LogP contribution in [0.2, 0.25) is 0 Å². The Kier molecular flexibility index (Phi) is 5.25. The number of rotatable bonds is 4. The number of pyridine rings is 1. The Balaban J connectivity index is 1.70.